The van der Waals surface area contributed by atoms with Crippen molar-refractivity contribution < 1.29 is 19.5 Å². The Hall–Kier alpha value is -2.28. The molecule has 1 aromatic carbocycles. The maximum absolute atomic E-state index is 11.8. The van der Waals surface area contributed by atoms with Gasteiger partial charge in [-0.25, -0.2) is 4.79 Å². The molecule has 0 heterocycles. The molecule has 1 atom stereocenters. The number of nitrogens with zero attached hydrogens (tertiary/aromatic N) is 1. The molecular formula is C15H20ClN3O4. The fourth-order valence-electron chi connectivity index (χ4n) is 1.73. The van der Waals surface area contributed by atoms with Crippen molar-refractivity contribution >= 4 is 29.5 Å². The number of rotatable bonds is 7. The van der Waals surface area contributed by atoms with Gasteiger partial charge in [-0.1, -0.05) is 30.7 Å². The molecule has 0 aliphatic rings. The van der Waals surface area contributed by atoms with E-state index in [9.17, 15) is 14.4 Å². The largest absolute Gasteiger partial charge is 0.481 e. The van der Waals surface area contributed by atoms with Crippen LogP contribution in [0.2, 0.25) is 5.02 Å². The first-order valence-corrected chi connectivity index (χ1v) is 7.40. The molecule has 0 fully saturated rings. The molecule has 3 N–H and O–H groups in total. The summed E-state index contributed by atoms with van der Waals surface area (Å²) in [5.41, 5.74) is 0.878. The van der Waals surface area contributed by atoms with E-state index in [0.29, 0.717) is 11.6 Å². The van der Waals surface area contributed by atoms with Crippen molar-refractivity contribution in [3.05, 3.63) is 34.9 Å². The Morgan fingerprint density at radius 2 is 1.83 bits per heavy atom. The van der Waals surface area contributed by atoms with E-state index in [-0.39, 0.29) is 19.0 Å². The maximum atomic E-state index is 11.8. The fourth-order valence-corrected chi connectivity index (χ4v) is 1.85. The van der Waals surface area contributed by atoms with E-state index in [1.54, 1.807) is 24.3 Å². The van der Waals surface area contributed by atoms with Crippen molar-refractivity contribution in [2.24, 2.45) is 5.92 Å². The van der Waals surface area contributed by atoms with Crippen molar-refractivity contribution in [1.29, 1.82) is 0 Å². The first-order valence-electron chi connectivity index (χ1n) is 7.02. The van der Waals surface area contributed by atoms with Gasteiger partial charge < -0.3 is 20.6 Å². The highest BCUT2D eigenvalue weighted by Gasteiger charge is 2.17. The van der Waals surface area contributed by atoms with Gasteiger partial charge in [-0.2, -0.15) is 0 Å². The summed E-state index contributed by atoms with van der Waals surface area (Å²) in [7, 11) is 1.50. The Labute approximate surface area is 139 Å². The van der Waals surface area contributed by atoms with Gasteiger partial charge in [-0.3, -0.25) is 9.59 Å². The Morgan fingerprint density at radius 1 is 1.22 bits per heavy atom. The Morgan fingerprint density at radius 3 is 2.39 bits per heavy atom. The van der Waals surface area contributed by atoms with Gasteiger partial charge in [0.2, 0.25) is 5.91 Å². The summed E-state index contributed by atoms with van der Waals surface area (Å²) in [5.74, 6) is -2.00. The number of carbonyl (C=O) groups is 3. The van der Waals surface area contributed by atoms with Gasteiger partial charge >= 0.3 is 12.0 Å². The number of nitrogens with one attached hydrogen (secondary N) is 2. The van der Waals surface area contributed by atoms with Crippen LogP contribution in [0.25, 0.3) is 0 Å². The van der Waals surface area contributed by atoms with Crippen LogP contribution in [0.1, 0.15) is 12.5 Å². The molecule has 0 aromatic heterocycles. The van der Waals surface area contributed by atoms with Crippen LogP contribution >= 0.6 is 11.6 Å². The lowest BCUT2D eigenvalue weighted by Gasteiger charge is -2.19. The highest BCUT2D eigenvalue weighted by molar-refractivity contribution is 6.30. The summed E-state index contributed by atoms with van der Waals surface area (Å²) >= 11 is 5.77. The first-order chi connectivity index (χ1) is 10.8. The van der Waals surface area contributed by atoms with Gasteiger partial charge in [0.05, 0.1) is 12.5 Å². The molecule has 0 spiro atoms. The van der Waals surface area contributed by atoms with Crippen molar-refractivity contribution in [1.82, 2.24) is 15.5 Å². The minimum atomic E-state index is -0.974. The highest BCUT2D eigenvalue weighted by Crippen LogP contribution is 2.08. The predicted octanol–water partition coefficient (Wildman–Crippen LogP) is 1.32. The van der Waals surface area contributed by atoms with Gasteiger partial charge in [0.1, 0.15) is 0 Å². The molecule has 0 saturated heterocycles. The zero-order valence-electron chi connectivity index (χ0n) is 13.0. The SMILES string of the molecule is CC(CN(C)C(=O)CNC(=O)NCc1ccc(Cl)cc1)C(=O)O. The predicted molar refractivity (Wildman–Crippen MR) is 86.1 cm³/mol. The van der Waals surface area contributed by atoms with E-state index in [4.69, 9.17) is 16.7 Å². The van der Waals surface area contributed by atoms with E-state index in [1.807, 2.05) is 0 Å². The van der Waals surface area contributed by atoms with Crippen molar-refractivity contribution in [3.8, 4) is 0 Å². The molecule has 1 aromatic rings. The number of carbonyl (C=O) groups excluding carboxylic acids is 2. The fraction of sp³-hybridized carbons (Fsp3) is 0.400. The van der Waals surface area contributed by atoms with Crippen LogP contribution in [-0.4, -0.2) is 48.1 Å². The number of aliphatic carboxylic acids is 1. The number of benzene rings is 1. The molecule has 8 heteroatoms. The normalized spacial score (nSPS) is 11.4. The maximum Gasteiger partial charge on any atom is 0.315 e. The number of urea groups is 1. The summed E-state index contributed by atoms with van der Waals surface area (Å²) in [4.78, 5) is 35.4. The summed E-state index contributed by atoms with van der Waals surface area (Å²) in [6.45, 7) is 1.71. The Kier molecular flexibility index (Phi) is 7.34. The zero-order valence-corrected chi connectivity index (χ0v) is 13.8. The van der Waals surface area contributed by atoms with Crippen LogP contribution in [0.5, 0.6) is 0 Å². The molecule has 0 saturated carbocycles. The molecular weight excluding hydrogens is 322 g/mol. The molecule has 0 aliphatic heterocycles. The molecule has 23 heavy (non-hydrogen) atoms. The molecule has 0 aliphatic carbocycles. The third-order valence-electron chi connectivity index (χ3n) is 3.16. The highest BCUT2D eigenvalue weighted by atomic mass is 35.5. The van der Waals surface area contributed by atoms with E-state index in [2.05, 4.69) is 10.6 Å². The third-order valence-corrected chi connectivity index (χ3v) is 3.41. The third kappa shape index (κ3) is 7.01. The minimum Gasteiger partial charge on any atom is -0.481 e. The van der Waals surface area contributed by atoms with E-state index < -0.39 is 17.9 Å². The van der Waals surface area contributed by atoms with Crippen LogP contribution in [0.4, 0.5) is 4.79 Å². The van der Waals surface area contributed by atoms with Crippen molar-refractivity contribution in [2.75, 3.05) is 20.1 Å². The zero-order chi connectivity index (χ0) is 17.4. The number of hydrogen-bond donors (Lipinski definition) is 3. The van der Waals surface area contributed by atoms with Crippen LogP contribution in [0, 0.1) is 5.92 Å². The molecule has 7 nitrogen and oxygen atoms in total. The second-order valence-electron chi connectivity index (χ2n) is 5.18. The lowest BCUT2D eigenvalue weighted by atomic mass is 10.2. The first kappa shape index (κ1) is 18.8. The average molecular weight is 342 g/mol. The van der Waals surface area contributed by atoms with Gasteiger partial charge in [0.15, 0.2) is 0 Å². The smallest absolute Gasteiger partial charge is 0.315 e. The van der Waals surface area contributed by atoms with Gasteiger partial charge in [0.25, 0.3) is 0 Å². The van der Waals surface area contributed by atoms with E-state index in [1.165, 1.54) is 18.9 Å². The molecule has 1 unspecified atom stereocenters. The van der Waals surface area contributed by atoms with Crippen LogP contribution < -0.4 is 10.6 Å². The monoisotopic (exact) mass is 341 g/mol. The second kappa shape index (κ2) is 8.99. The minimum absolute atomic E-state index is 0.0856. The van der Waals surface area contributed by atoms with Crippen molar-refractivity contribution in [2.45, 2.75) is 13.5 Å². The van der Waals surface area contributed by atoms with E-state index >= 15 is 0 Å². The lowest BCUT2D eigenvalue weighted by molar-refractivity contribution is -0.142. The Bertz CT molecular complexity index is 562. The van der Waals surface area contributed by atoms with Gasteiger partial charge in [-0.05, 0) is 17.7 Å². The number of carboxylic acid groups (broad SMARTS) is 1. The summed E-state index contributed by atoms with van der Waals surface area (Å²) in [6.07, 6.45) is 0. The molecule has 3 amide bonds. The average Bonchev–Trinajstić information content (AvgIpc) is 2.51. The standard InChI is InChI=1S/C15H20ClN3O4/c1-10(14(21)22)9-19(2)13(20)8-18-15(23)17-7-11-3-5-12(16)6-4-11/h3-6,10H,7-9H2,1-2H3,(H,21,22)(H2,17,18,23). The quantitative estimate of drug-likeness (QED) is 0.696. The molecule has 1 rings (SSSR count). The van der Waals surface area contributed by atoms with Gasteiger partial charge in [0, 0.05) is 25.2 Å². The number of hydrogen-bond acceptors (Lipinski definition) is 3. The Balaban J connectivity index is 2.30. The molecule has 0 bridgehead atoms. The number of likely N-dealkylation sites (N-methyl/N-ethyl adjacent to an activating group) is 1. The summed E-state index contributed by atoms with van der Waals surface area (Å²) in [5, 5.41) is 14.5. The van der Waals surface area contributed by atoms with Crippen LogP contribution in [0.3, 0.4) is 0 Å². The van der Waals surface area contributed by atoms with Gasteiger partial charge in [-0.15, -0.1) is 0 Å². The summed E-state index contributed by atoms with van der Waals surface area (Å²) < 4.78 is 0. The van der Waals surface area contributed by atoms with E-state index in [0.717, 1.165) is 5.56 Å². The lowest BCUT2D eigenvalue weighted by Crippen LogP contribution is -2.43. The number of amides is 3. The van der Waals surface area contributed by atoms with Crippen LogP contribution in [-0.2, 0) is 16.1 Å². The second-order valence-corrected chi connectivity index (χ2v) is 5.61. The number of halogens is 1. The topological polar surface area (TPSA) is 98.7 Å². The molecule has 0 radical (unpaired) electrons. The van der Waals surface area contributed by atoms with Crippen molar-refractivity contribution in [3.63, 3.8) is 0 Å². The van der Waals surface area contributed by atoms with Crippen LogP contribution in [0.15, 0.2) is 24.3 Å². The summed E-state index contributed by atoms with van der Waals surface area (Å²) in [6, 6.07) is 6.54. The number of carboxylic acids is 1. The molecule has 126 valence electrons.